The highest BCUT2D eigenvalue weighted by Gasteiger charge is 2.45. The summed E-state index contributed by atoms with van der Waals surface area (Å²) in [6, 6.07) is 0. The van der Waals surface area contributed by atoms with Gasteiger partial charge in [-0.25, -0.2) is 9.59 Å². The molecule has 0 spiro atoms. The number of carbonyl (C=O) groups is 3. The van der Waals surface area contributed by atoms with Crippen LogP contribution in [0.1, 0.15) is 33.6 Å². The van der Waals surface area contributed by atoms with Crippen LogP contribution in [0.3, 0.4) is 0 Å². The van der Waals surface area contributed by atoms with Gasteiger partial charge in [-0.2, -0.15) is 0 Å². The van der Waals surface area contributed by atoms with Gasteiger partial charge in [0.2, 0.25) is 0 Å². The fourth-order valence-corrected chi connectivity index (χ4v) is 3.38. The maximum Gasteiger partial charge on any atom is 0.337 e. The van der Waals surface area contributed by atoms with Gasteiger partial charge in [-0.05, 0) is 37.5 Å². The van der Waals surface area contributed by atoms with Gasteiger partial charge in [-0.3, -0.25) is 4.79 Å². The molecule has 0 aromatic rings. The van der Waals surface area contributed by atoms with E-state index in [-0.39, 0.29) is 37.2 Å². The first-order valence-corrected chi connectivity index (χ1v) is 9.72. The number of fused-ring (bicyclic) bond motifs is 1. The van der Waals surface area contributed by atoms with Gasteiger partial charge in [0.1, 0.15) is 18.8 Å². The van der Waals surface area contributed by atoms with E-state index >= 15 is 0 Å². The zero-order valence-electron chi connectivity index (χ0n) is 17.4. The summed E-state index contributed by atoms with van der Waals surface area (Å²) >= 11 is 0. The molecule has 0 amide bonds. The second-order valence-electron chi connectivity index (χ2n) is 7.35. The first kappa shape index (κ1) is 23.6. The lowest BCUT2D eigenvalue weighted by Gasteiger charge is -2.28. The Bertz CT molecular complexity index is 804. The van der Waals surface area contributed by atoms with Crippen molar-refractivity contribution in [2.24, 2.45) is 5.92 Å². The average Bonchev–Trinajstić information content (AvgIpc) is 2.96. The summed E-state index contributed by atoms with van der Waals surface area (Å²) in [4.78, 5) is 36.0. The fraction of sp³-hybridized carbons (Fsp3) is 0.500. The van der Waals surface area contributed by atoms with Gasteiger partial charge in [0, 0.05) is 18.9 Å². The smallest absolute Gasteiger partial charge is 0.337 e. The summed E-state index contributed by atoms with van der Waals surface area (Å²) in [7, 11) is 0. The molecular formula is C22H28O8. The number of aliphatic hydroxyl groups is 2. The monoisotopic (exact) mass is 420 g/mol. The van der Waals surface area contributed by atoms with E-state index in [1.54, 1.807) is 26.0 Å². The van der Waals surface area contributed by atoms with Crippen LogP contribution in [0.2, 0.25) is 0 Å². The SMILES string of the molecule is C=C1C(=O)OC2C=C(C)C(O)CC=C(CO)CC(OC(=O)C(=CC)COC(C)=O)C12. The number of hydrogen-bond donors (Lipinski definition) is 2. The van der Waals surface area contributed by atoms with Crippen LogP contribution in [-0.2, 0) is 28.6 Å². The summed E-state index contributed by atoms with van der Waals surface area (Å²) in [6.45, 7) is 7.82. The number of ether oxygens (including phenoxy) is 3. The van der Waals surface area contributed by atoms with Crippen molar-refractivity contribution >= 4 is 17.9 Å². The van der Waals surface area contributed by atoms with Crippen LogP contribution in [0, 0.1) is 5.92 Å². The van der Waals surface area contributed by atoms with Crippen LogP contribution in [0.4, 0.5) is 0 Å². The molecule has 8 heteroatoms. The van der Waals surface area contributed by atoms with Crippen molar-refractivity contribution in [2.75, 3.05) is 13.2 Å². The number of aliphatic hydroxyl groups excluding tert-OH is 2. The molecule has 4 atom stereocenters. The first-order chi connectivity index (χ1) is 14.2. The van der Waals surface area contributed by atoms with Crippen molar-refractivity contribution in [1.29, 1.82) is 0 Å². The second kappa shape index (κ2) is 10.4. The fourth-order valence-electron chi connectivity index (χ4n) is 3.38. The molecule has 1 saturated heterocycles. The highest BCUT2D eigenvalue weighted by molar-refractivity contribution is 5.92. The van der Waals surface area contributed by atoms with Gasteiger partial charge in [0.25, 0.3) is 0 Å². The quantitative estimate of drug-likeness (QED) is 0.297. The van der Waals surface area contributed by atoms with Gasteiger partial charge >= 0.3 is 17.9 Å². The minimum atomic E-state index is -0.855. The summed E-state index contributed by atoms with van der Waals surface area (Å²) in [5.41, 5.74) is 1.44. The molecule has 4 unspecified atom stereocenters. The highest BCUT2D eigenvalue weighted by atomic mass is 16.6. The predicted molar refractivity (Wildman–Crippen MR) is 107 cm³/mol. The van der Waals surface area contributed by atoms with E-state index < -0.39 is 42.1 Å². The van der Waals surface area contributed by atoms with Crippen molar-refractivity contribution in [3.8, 4) is 0 Å². The molecule has 2 rings (SSSR count). The van der Waals surface area contributed by atoms with E-state index in [1.807, 2.05) is 0 Å². The minimum Gasteiger partial charge on any atom is -0.461 e. The lowest BCUT2D eigenvalue weighted by molar-refractivity contribution is -0.149. The topological polar surface area (TPSA) is 119 Å². The maximum absolute atomic E-state index is 12.7. The largest absolute Gasteiger partial charge is 0.461 e. The summed E-state index contributed by atoms with van der Waals surface area (Å²) in [6.07, 6.45) is 2.79. The number of hydrogen-bond acceptors (Lipinski definition) is 8. The first-order valence-electron chi connectivity index (χ1n) is 9.72. The molecule has 0 aromatic carbocycles. The summed E-state index contributed by atoms with van der Waals surface area (Å²) in [5.74, 6) is -2.54. The predicted octanol–water partition coefficient (Wildman–Crippen LogP) is 1.53. The molecule has 0 bridgehead atoms. The van der Waals surface area contributed by atoms with Gasteiger partial charge in [0.05, 0.1) is 24.2 Å². The Morgan fingerprint density at radius 2 is 2.10 bits per heavy atom. The van der Waals surface area contributed by atoms with E-state index in [0.717, 1.165) is 0 Å². The molecule has 2 aliphatic rings. The van der Waals surface area contributed by atoms with E-state index in [4.69, 9.17) is 14.2 Å². The van der Waals surface area contributed by atoms with Crippen LogP contribution < -0.4 is 0 Å². The number of esters is 3. The van der Waals surface area contributed by atoms with Gasteiger partial charge in [0.15, 0.2) is 0 Å². The normalized spacial score (nSPS) is 27.4. The van der Waals surface area contributed by atoms with Crippen LogP contribution in [0.25, 0.3) is 0 Å². The van der Waals surface area contributed by atoms with E-state index in [1.165, 1.54) is 13.0 Å². The third-order valence-corrected chi connectivity index (χ3v) is 5.21. The lowest BCUT2D eigenvalue weighted by Crippen LogP contribution is -2.35. The van der Waals surface area contributed by atoms with Gasteiger partial charge in [-0.15, -0.1) is 0 Å². The molecule has 0 radical (unpaired) electrons. The van der Waals surface area contributed by atoms with Crippen molar-refractivity contribution < 1.29 is 38.8 Å². The van der Waals surface area contributed by atoms with Crippen molar-refractivity contribution in [3.63, 3.8) is 0 Å². The molecular weight excluding hydrogens is 392 g/mol. The molecule has 0 saturated carbocycles. The Morgan fingerprint density at radius 3 is 2.70 bits per heavy atom. The van der Waals surface area contributed by atoms with E-state index in [2.05, 4.69) is 6.58 Å². The Morgan fingerprint density at radius 1 is 1.40 bits per heavy atom. The van der Waals surface area contributed by atoms with Gasteiger partial charge < -0.3 is 24.4 Å². The Hall–Kier alpha value is -2.71. The molecule has 2 N–H and O–H groups in total. The maximum atomic E-state index is 12.7. The van der Waals surface area contributed by atoms with E-state index in [9.17, 15) is 24.6 Å². The summed E-state index contributed by atoms with van der Waals surface area (Å²) in [5, 5.41) is 20.0. The van der Waals surface area contributed by atoms with Crippen molar-refractivity contribution in [3.05, 3.63) is 47.1 Å². The number of carbonyl (C=O) groups excluding carboxylic acids is 3. The Balaban J connectivity index is 2.37. The van der Waals surface area contributed by atoms with Crippen LogP contribution >= 0.6 is 0 Å². The second-order valence-corrected chi connectivity index (χ2v) is 7.35. The molecule has 1 fully saturated rings. The average molecular weight is 420 g/mol. The third-order valence-electron chi connectivity index (χ3n) is 5.21. The summed E-state index contributed by atoms with van der Waals surface area (Å²) < 4.78 is 16.0. The van der Waals surface area contributed by atoms with Crippen molar-refractivity contribution in [2.45, 2.75) is 51.9 Å². The van der Waals surface area contributed by atoms with Gasteiger partial charge in [-0.1, -0.05) is 18.7 Å². The lowest BCUT2D eigenvalue weighted by atomic mass is 9.85. The zero-order chi connectivity index (χ0) is 22.4. The number of rotatable bonds is 5. The minimum absolute atomic E-state index is 0.128. The molecule has 8 nitrogen and oxygen atoms in total. The zero-order valence-corrected chi connectivity index (χ0v) is 17.4. The van der Waals surface area contributed by atoms with Crippen LogP contribution in [0.5, 0.6) is 0 Å². The highest BCUT2D eigenvalue weighted by Crippen LogP contribution is 2.36. The Labute approximate surface area is 175 Å². The van der Waals surface area contributed by atoms with Crippen molar-refractivity contribution in [1.82, 2.24) is 0 Å². The van der Waals surface area contributed by atoms with Crippen LogP contribution in [-0.4, -0.2) is 59.6 Å². The molecule has 164 valence electrons. The Kier molecular flexibility index (Phi) is 8.14. The number of allylic oxidation sites excluding steroid dienone is 1. The molecule has 1 heterocycles. The molecule has 1 aliphatic heterocycles. The van der Waals surface area contributed by atoms with Crippen LogP contribution in [0.15, 0.2) is 47.1 Å². The molecule has 30 heavy (non-hydrogen) atoms. The molecule has 0 aromatic heterocycles. The standard InChI is InChI=1S/C22H28O8/c1-5-16(11-28-14(4)24)22(27)30-19-9-15(10-23)6-7-17(25)12(2)8-18-20(19)13(3)21(26)29-18/h5-6,8,17-20,23,25H,3,7,9-11H2,1-2,4H3. The molecule has 1 aliphatic carbocycles. The van der Waals surface area contributed by atoms with E-state index in [0.29, 0.717) is 11.1 Å². The third kappa shape index (κ3) is 5.67.